The Morgan fingerprint density at radius 2 is 1.60 bits per heavy atom. The number of H-pyrrole nitrogens is 1. The van der Waals surface area contributed by atoms with Gasteiger partial charge in [-0.25, -0.2) is 0 Å². The quantitative estimate of drug-likeness (QED) is 0.452. The van der Waals surface area contributed by atoms with Crippen LogP contribution in [-0.4, -0.2) is 25.7 Å². The average molecular weight is 402 g/mol. The largest absolute Gasteiger partial charge is 0.493 e. The third kappa shape index (κ3) is 3.91. The van der Waals surface area contributed by atoms with Crippen LogP contribution >= 0.6 is 0 Å². The summed E-state index contributed by atoms with van der Waals surface area (Å²) in [6.07, 6.45) is 2.13. The number of aromatic amines is 1. The molecule has 0 saturated carbocycles. The monoisotopic (exact) mass is 401 g/mol. The molecule has 4 heteroatoms. The number of hydrogen-bond donors (Lipinski definition) is 2. The Morgan fingerprint density at radius 1 is 0.833 bits per heavy atom. The van der Waals surface area contributed by atoms with Gasteiger partial charge in [0.05, 0.1) is 26.7 Å². The van der Waals surface area contributed by atoms with E-state index in [9.17, 15) is 0 Å². The molecule has 30 heavy (non-hydrogen) atoms. The van der Waals surface area contributed by atoms with E-state index in [0.717, 1.165) is 29.1 Å². The van der Waals surface area contributed by atoms with Gasteiger partial charge >= 0.3 is 0 Å². The van der Waals surface area contributed by atoms with Crippen molar-refractivity contribution in [1.29, 1.82) is 0 Å². The zero-order valence-corrected chi connectivity index (χ0v) is 17.8. The van der Waals surface area contributed by atoms with Crippen LogP contribution in [0.15, 0.2) is 79.0 Å². The van der Waals surface area contributed by atoms with Crippen LogP contribution in [0.4, 0.5) is 0 Å². The SMILES string of the molecule is COc1cccc([C@H](C[NH2+][C@@H](C)c2ccccc2)c2c[nH]c3ccccc23)c1OC. The van der Waals surface area contributed by atoms with Gasteiger partial charge < -0.3 is 19.8 Å². The second-order valence-corrected chi connectivity index (χ2v) is 7.60. The fourth-order valence-corrected chi connectivity index (χ4v) is 4.22. The number of ether oxygens (including phenoxy) is 2. The first-order chi connectivity index (χ1) is 14.7. The lowest BCUT2D eigenvalue weighted by Crippen LogP contribution is -2.85. The highest BCUT2D eigenvalue weighted by atomic mass is 16.5. The third-order valence-corrected chi connectivity index (χ3v) is 5.86. The molecule has 0 saturated heterocycles. The Bertz CT molecular complexity index is 1100. The van der Waals surface area contributed by atoms with Gasteiger partial charge in [-0.2, -0.15) is 0 Å². The molecule has 4 nitrogen and oxygen atoms in total. The topological polar surface area (TPSA) is 50.9 Å². The minimum absolute atomic E-state index is 0.150. The zero-order chi connectivity index (χ0) is 20.9. The maximum atomic E-state index is 5.80. The molecule has 3 N–H and O–H groups in total. The average Bonchev–Trinajstić information content (AvgIpc) is 3.23. The molecule has 0 fully saturated rings. The van der Waals surface area contributed by atoms with Crippen LogP contribution in [0.1, 0.15) is 35.6 Å². The van der Waals surface area contributed by atoms with Crippen molar-refractivity contribution in [3.63, 3.8) is 0 Å². The maximum absolute atomic E-state index is 5.80. The predicted octanol–water partition coefficient (Wildman–Crippen LogP) is 4.64. The van der Waals surface area contributed by atoms with Crippen LogP contribution in [0.25, 0.3) is 10.9 Å². The van der Waals surface area contributed by atoms with E-state index in [1.54, 1.807) is 14.2 Å². The molecule has 1 heterocycles. The van der Waals surface area contributed by atoms with Crippen molar-refractivity contribution in [2.45, 2.75) is 18.9 Å². The summed E-state index contributed by atoms with van der Waals surface area (Å²) >= 11 is 0. The number of methoxy groups -OCH3 is 2. The summed E-state index contributed by atoms with van der Waals surface area (Å²) in [5, 5.41) is 3.65. The smallest absolute Gasteiger partial charge is 0.164 e. The van der Waals surface area contributed by atoms with Gasteiger partial charge in [0.1, 0.15) is 6.04 Å². The fourth-order valence-electron chi connectivity index (χ4n) is 4.22. The molecule has 0 bridgehead atoms. The number of nitrogens with one attached hydrogen (secondary N) is 1. The van der Waals surface area contributed by atoms with Crippen LogP contribution in [0, 0.1) is 0 Å². The fraction of sp³-hybridized carbons (Fsp3) is 0.231. The van der Waals surface area contributed by atoms with Gasteiger partial charge in [-0.15, -0.1) is 0 Å². The van der Waals surface area contributed by atoms with Crippen molar-refractivity contribution in [2.24, 2.45) is 0 Å². The van der Waals surface area contributed by atoms with E-state index in [4.69, 9.17) is 9.47 Å². The minimum Gasteiger partial charge on any atom is -0.493 e. The van der Waals surface area contributed by atoms with Crippen molar-refractivity contribution in [1.82, 2.24) is 4.98 Å². The van der Waals surface area contributed by atoms with Crippen LogP contribution in [0.3, 0.4) is 0 Å². The van der Waals surface area contributed by atoms with Gasteiger partial charge in [0.25, 0.3) is 0 Å². The van der Waals surface area contributed by atoms with Gasteiger partial charge in [-0.1, -0.05) is 60.7 Å². The molecule has 1 aromatic heterocycles. The standard InChI is InChI=1S/C26H28N2O2/c1-18(19-10-5-4-6-11-19)27-16-23(21-13-9-15-25(29-2)26(21)30-3)22-17-28-24-14-8-7-12-20(22)24/h4-15,17-18,23,27-28H,16H2,1-3H3/p+1/t18-,23-/m0/s1. The first-order valence-corrected chi connectivity index (χ1v) is 10.4. The second kappa shape index (κ2) is 9.06. The van der Waals surface area contributed by atoms with E-state index in [0.29, 0.717) is 6.04 Å². The van der Waals surface area contributed by atoms with Gasteiger partial charge in [0, 0.05) is 28.2 Å². The van der Waals surface area contributed by atoms with E-state index in [1.165, 1.54) is 16.5 Å². The van der Waals surface area contributed by atoms with Crippen molar-refractivity contribution in [3.05, 3.63) is 95.7 Å². The minimum atomic E-state index is 0.150. The molecular weight excluding hydrogens is 372 g/mol. The van der Waals surface area contributed by atoms with E-state index in [1.807, 2.05) is 12.1 Å². The number of fused-ring (bicyclic) bond motifs is 1. The van der Waals surface area contributed by atoms with E-state index >= 15 is 0 Å². The molecule has 0 aliphatic carbocycles. The summed E-state index contributed by atoms with van der Waals surface area (Å²) in [6.45, 7) is 3.14. The third-order valence-electron chi connectivity index (χ3n) is 5.86. The van der Waals surface area contributed by atoms with Crippen molar-refractivity contribution in [2.75, 3.05) is 20.8 Å². The molecule has 154 valence electrons. The van der Waals surface area contributed by atoms with E-state index in [-0.39, 0.29) is 5.92 Å². The Hall–Kier alpha value is -3.24. The Morgan fingerprint density at radius 3 is 2.37 bits per heavy atom. The summed E-state index contributed by atoms with van der Waals surface area (Å²) in [5.74, 6) is 1.71. The Kier molecular flexibility index (Phi) is 6.05. The number of rotatable bonds is 8. The van der Waals surface area contributed by atoms with E-state index in [2.05, 4.69) is 84.1 Å². The number of benzene rings is 3. The Labute approximate surface area is 177 Å². The molecule has 0 spiro atoms. The first-order valence-electron chi connectivity index (χ1n) is 10.4. The normalized spacial score (nSPS) is 13.2. The number of hydrogen-bond acceptors (Lipinski definition) is 2. The molecule has 0 radical (unpaired) electrons. The Balaban J connectivity index is 1.74. The number of aromatic nitrogens is 1. The highest BCUT2D eigenvalue weighted by Gasteiger charge is 2.26. The lowest BCUT2D eigenvalue weighted by Gasteiger charge is -2.22. The first kappa shape index (κ1) is 20.0. The van der Waals surface area contributed by atoms with Crippen LogP contribution in [0.5, 0.6) is 11.5 Å². The molecule has 0 aliphatic heterocycles. The second-order valence-electron chi connectivity index (χ2n) is 7.60. The lowest BCUT2D eigenvalue weighted by atomic mass is 9.89. The predicted molar refractivity (Wildman–Crippen MR) is 121 cm³/mol. The summed E-state index contributed by atoms with van der Waals surface area (Å²) in [6, 6.07) is 25.6. The maximum Gasteiger partial charge on any atom is 0.164 e. The van der Waals surface area contributed by atoms with Crippen molar-refractivity contribution in [3.8, 4) is 11.5 Å². The lowest BCUT2D eigenvalue weighted by molar-refractivity contribution is -0.693. The molecule has 3 aromatic carbocycles. The molecule has 0 amide bonds. The highest BCUT2D eigenvalue weighted by Crippen LogP contribution is 2.39. The summed E-state index contributed by atoms with van der Waals surface area (Å²) in [5.41, 5.74) is 4.88. The number of quaternary nitrogens is 1. The zero-order valence-electron chi connectivity index (χ0n) is 17.8. The van der Waals surface area contributed by atoms with Crippen molar-refractivity contribution < 1.29 is 14.8 Å². The molecule has 4 aromatic rings. The van der Waals surface area contributed by atoms with Crippen LogP contribution < -0.4 is 14.8 Å². The van der Waals surface area contributed by atoms with Gasteiger partial charge in [0.15, 0.2) is 11.5 Å². The van der Waals surface area contributed by atoms with Gasteiger partial charge in [0.2, 0.25) is 0 Å². The van der Waals surface area contributed by atoms with Crippen molar-refractivity contribution >= 4 is 10.9 Å². The molecule has 2 atom stereocenters. The van der Waals surface area contributed by atoms with Gasteiger partial charge in [-0.3, -0.25) is 0 Å². The summed E-state index contributed by atoms with van der Waals surface area (Å²) < 4.78 is 11.4. The van der Waals surface area contributed by atoms with Gasteiger partial charge in [-0.05, 0) is 24.6 Å². The van der Waals surface area contributed by atoms with E-state index < -0.39 is 0 Å². The number of nitrogens with two attached hydrogens (primary N) is 1. The van der Waals surface area contributed by atoms with Crippen LogP contribution in [0.2, 0.25) is 0 Å². The number of para-hydroxylation sites is 2. The van der Waals surface area contributed by atoms with Crippen LogP contribution in [-0.2, 0) is 0 Å². The molecule has 4 rings (SSSR count). The highest BCUT2D eigenvalue weighted by molar-refractivity contribution is 5.84. The molecular formula is C26H29N2O2+. The molecule has 0 unspecified atom stereocenters. The summed E-state index contributed by atoms with van der Waals surface area (Å²) in [7, 11) is 3.40. The molecule has 0 aliphatic rings. The summed E-state index contributed by atoms with van der Waals surface area (Å²) in [4.78, 5) is 3.44.